The Morgan fingerprint density at radius 1 is 1.33 bits per heavy atom. The highest BCUT2D eigenvalue weighted by molar-refractivity contribution is 5.71. The third kappa shape index (κ3) is 4.94. The Bertz CT molecular complexity index is 150. The van der Waals surface area contributed by atoms with Gasteiger partial charge in [-0.25, -0.2) is 0 Å². The standard InChI is InChI=1S/C10H19NO/c1-4-5-6-7-8-10(9-12)11(2)3/h8-9H,4-7H2,1-3H3/b10-8-. The van der Waals surface area contributed by atoms with Crippen molar-refractivity contribution in [1.29, 1.82) is 0 Å². The van der Waals surface area contributed by atoms with Crippen LogP contribution in [0.15, 0.2) is 11.8 Å². The van der Waals surface area contributed by atoms with E-state index in [1.807, 2.05) is 25.1 Å². The molecule has 0 saturated heterocycles. The summed E-state index contributed by atoms with van der Waals surface area (Å²) in [4.78, 5) is 12.3. The second-order valence-electron chi connectivity index (χ2n) is 3.14. The van der Waals surface area contributed by atoms with Crippen LogP contribution in [0, 0.1) is 0 Å². The Morgan fingerprint density at radius 3 is 2.42 bits per heavy atom. The Balaban J connectivity index is 3.71. The molecule has 0 aromatic heterocycles. The van der Waals surface area contributed by atoms with Crippen molar-refractivity contribution in [2.45, 2.75) is 32.6 Å². The molecule has 0 fully saturated rings. The van der Waals surface area contributed by atoms with Gasteiger partial charge in [-0.3, -0.25) is 4.79 Å². The van der Waals surface area contributed by atoms with Crippen LogP contribution in [0.2, 0.25) is 0 Å². The predicted molar refractivity (Wildman–Crippen MR) is 52.0 cm³/mol. The van der Waals surface area contributed by atoms with Gasteiger partial charge in [0.25, 0.3) is 0 Å². The fourth-order valence-corrected chi connectivity index (χ4v) is 0.980. The molecule has 0 aromatic carbocycles. The Labute approximate surface area is 75.3 Å². The maximum atomic E-state index is 10.5. The summed E-state index contributed by atoms with van der Waals surface area (Å²) >= 11 is 0. The van der Waals surface area contributed by atoms with E-state index in [1.165, 1.54) is 19.3 Å². The van der Waals surface area contributed by atoms with Crippen molar-refractivity contribution in [3.05, 3.63) is 11.8 Å². The highest BCUT2D eigenvalue weighted by atomic mass is 16.1. The van der Waals surface area contributed by atoms with Crippen LogP contribution < -0.4 is 0 Å². The van der Waals surface area contributed by atoms with Crippen molar-refractivity contribution >= 4 is 6.29 Å². The van der Waals surface area contributed by atoms with Crippen molar-refractivity contribution in [1.82, 2.24) is 4.90 Å². The number of carbonyl (C=O) groups excluding carboxylic acids is 1. The Hall–Kier alpha value is -0.790. The fourth-order valence-electron chi connectivity index (χ4n) is 0.980. The lowest BCUT2D eigenvalue weighted by Gasteiger charge is -2.10. The minimum Gasteiger partial charge on any atom is -0.375 e. The average molecular weight is 169 g/mol. The molecule has 0 N–H and O–H groups in total. The molecule has 0 aliphatic rings. The lowest BCUT2D eigenvalue weighted by molar-refractivity contribution is -0.105. The number of unbranched alkanes of at least 4 members (excludes halogenated alkanes) is 3. The summed E-state index contributed by atoms with van der Waals surface area (Å²) < 4.78 is 0. The van der Waals surface area contributed by atoms with Crippen LogP contribution in [0.4, 0.5) is 0 Å². The summed E-state index contributed by atoms with van der Waals surface area (Å²) in [6.07, 6.45) is 7.58. The van der Waals surface area contributed by atoms with E-state index >= 15 is 0 Å². The summed E-state index contributed by atoms with van der Waals surface area (Å²) in [5, 5.41) is 0. The quantitative estimate of drug-likeness (QED) is 0.345. The van der Waals surface area contributed by atoms with Gasteiger partial charge in [0.1, 0.15) is 0 Å². The molecule has 0 saturated carbocycles. The molecule has 0 aliphatic carbocycles. The van der Waals surface area contributed by atoms with Gasteiger partial charge in [-0.15, -0.1) is 0 Å². The third-order valence-electron chi connectivity index (χ3n) is 1.80. The maximum Gasteiger partial charge on any atom is 0.165 e. The van der Waals surface area contributed by atoms with E-state index in [2.05, 4.69) is 6.92 Å². The number of rotatable bonds is 6. The minimum absolute atomic E-state index is 0.783. The molecular formula is C10H19NO. The molecule has 0 unspecified atom stereocenters. The third-order valence-corrected chi connectivity index (χ3v) is 1.80. The number of aldehydes is 1. The summed E-state index contributed by atoms with van der Waals surface area (Å²) in [5.41, 5.74) is 0.783. The number of hydrogen-bond acceptors (Lipinski definition) is 2. The normalized spacial score (nSPS) is 11.4. The zero-order valence-corrected chi connectivity index (χ0v) is 8.34. The molecule has 0 aliphatic heterocycles. The molecule has 2 heteroatoms. The van der Waals surface area contributed by atoms with E-state index in [-0.39, 0.29) is 0 Å². The van der Waals surface area contributed by atoms with Gasteiger partial charge in [-0.2, -0.15) is 0 Å². The zero-order valence-electron chi connectivity index (χ0n) is 8.34. The van der Waals surface area contributed by atoms with Gasteiger partial charge in [-0.05, 0) is 12.8 Å². The zero-order chi connectivity index (χ0) is 9.40. The summed E-state index contributed by atoms with van der Waals surface area (Å²) in [6.45, 7) is 2.18. The molecule has 0 spiro atoms. The second-order valence-corrected chi connectivity index (χ2v) is 3.14. The van der Waals surface area contributed by atoms with E-state index in [0.29, 0.717) is 0 Å². The Kier molecular flexibility index (Phi) is 6.44. The van der Waals surface area contributed by atoms with Crippen molar-refractivity contribution in [3.8, 4) is 0 Å². The lowest BCUT2D eigenvalue weighted by atomic mass is 10.2. The van der Waals surface area contributed by atoms with E-state index in [0.717, 1.165) is 18.4 Å². The van der Waals surface area contributed by atoms with Crippen LogP contribution in [0.5, 0.6) is 0 Å². The Morgan fingerprint density at radius 2 is 2.00 bits per heavy atom. The molecule has 70 valence electrons. The number of nitrogens with zero attached hydrogens (tertiary/aromatic N) is 1. The SMILES string of the molecule is CCCCC/C=C(/C=O)N(C)C. The predicted octanol–water partition coefficient (Wildman–Crippen LogP) is 2.21. The highest BCUT2D eigenvalue weighted by Crippen LogP contribution is 2.03. The first kappa shape index (κ1) is 11.2. The molecule has 0 radical (unpaired) electrons. The van der Waals surface area contributed by atoms with Crippen molar-refractivity contribution in [3.63, 3.8) is 0 Å². The van der Waals surface area contributed by atoms with Gasteiger partial charge >= 0.3 is 0 Å². The van der Waals surface area contributed by atoms with Gasteiger partial charge in [0.05, 0.1) is 5.70 Å². The molecule has 0 amide bonds. The molecule has 0 bridgehead atoms. The molecule has 0 aromatic rings. The first-order valence-electron chi connectivity index (χ1n) is 4.55. The molecule has 2 nitrogen and oxygen atoms in total. The first-order valence-corrected chi connectivity index (χ1v) is 4.55. The minimum atomic E-state index is 0.783. The van der Waals surface area contributed by atoms with E-state index in [4.69, 9.17) is 0 Å². The van der Waals surface area contributed by atoms with Crippen molar-refractivity contribution < 1.29 is 4.79 Å². The van der Waals surface area contributed by atoms with Crippen LogP contribution in [-0.2, 0) is 4.79 Å². The molecule has 0 rings (SSSR count). The number of hydrogen-bond donors (Lipinski definition) is 0. The number of likely N-dealkylation sites (N-methyl/N-ethyl adjacent to an activating group) is 1. The highest BCUT2D eigenvalue weighted by Gasteiger charge is 1.95. The van der Waals surface area contributed by atoms with Crippen LogP contribution in [0.25, 0.3) is 0 Å². The van der Waals surface area contributed by atoms with E-state index in [9.17, 15) is 4.79 Å². The van der Waals surface area contributed by atoms with Crippen LogP contribution >= 0.6 is 0 Å². The summed E-state index contributed by atoms with van der Waals surface area (Å²) in [7, 11) is 3.78. The van der Waals surface area contributed by atoms with Crippen LogP contribution in [0.1, 0.15) is 32.6 Å². The summed E-state index contributed by atoms with van der Waals surface area (Å²) in [5.74, 6) is 0. The molecule has 0 atom stereocenters. The topological polar surface area (TPSA) is 20.3 Å². The van der Waals surface area contributed by atoms with Gasteiger partial charge < -0.3 is 4.90 Å². The summed E-state index contributed by atoms with van der Waals surface area (Å²) in [6, 6.07) is 0. The maximum absolute atomic E-state index is 10.5. The average Bonchev–Trinajstić information content (AvgIpc) is 2.04. The number of carbonyl (C=O) groups is 1. The fraction of sp³-hybridized carbons (Fsp3) is 0.700. The van der Waals surface area contributed by atoms with Gasteiger partial charge in [0.2, 0.25) is 0 Å². The van der Waals surface area contributed by atoms with Crippen LogP contribution in [0.3, 0.4) is 0 Å². The van der Waals surface area contributed by atoms with Gasteiger partial charge in [0, 0.05) is 14.1 Å². The van der Waals surface area contributed by atoms with E-state index < -0.39 is 0 Å². The molecular weight excluding hydrogens is 150 g/mol. The van der Waals surface area contributed by atoms with Gasteiger partial charge in [-0.1, -0.05) is 25.8 Å². The molecule has 0 heterocycles. The van der Waals surface area contributed by atoms with Gasteiger partial charge in [0.15, 0.2) is 6.29 Å². The van der Waals surface area contributed by atoms with Crippen molar-refractivity contribution in [2.24, 2.45) is 0 Å². The largest absolute Gasteiger partial charge is 0.375 e. The van der Waals surface area contributed by atoms with E-state index in [1.54, 1.807) is 0 Å². The molecule has 12 heavy (non-hydrogen) atoms. The smallest absolute Gasteiger partial charge is 0.165 e. The number of allylic oxidation sites excluding steroid dienone is 2. The second kappa shape index (κ2) is 6.89. The monoisotopic (exact) mass is 169 g/mol. The lowest BCUT2D eigenvalue weighted by Crippen LogP contribution is -2.11. The van der Waals surface area contributed by atoms with Crippen molar-refractivity contribution in [2.75, 3.05) is 14.1 Å². The first-order chi connectivity index (χ1) is 5.72. The van der Waals surface area contributed by atoms with Crippen LogP contribution in [-0.4, -0.2) is 25.3 Å².